The Morgan fingerprint density at radius 2 is 1.88 bits per heavy atom. The van der Waals surface area contributed by atoms with Gasteiger partial charge in [-0.15, -0.1) is 0 Å². The first-order chi connectivity index (χ1) is 11.7. The fourth-order valence-electron chi connectivity index (χ4n) is 2.82. The molecule has 2 aromatic rings. The predicted molar refractivity (Wildman–Crippen MR) is 92.4 cm³/mol. The normalized spacial score (nSPS) is 12.6. The summed E-state index contributed by atoms with van der Waals surface area (Å²) in [5, 5.41) is 2.69. The molecule has 0 aliphatic carbocycles. The zero-order valence-corrected chi connectivity index (χ0v) is 13.6. The summed E-state index contributed by atoms with van der Waals surface area (Å²) >= 11 is 0. The quantitative estimate of drug-likeness (QED) is 0.919. The Morgan fingerprint density at radius 3 is 2.62 bits per heavy atom. The number of carbonyl (C=O) groups excluding carboxylic acids is 2. The molecule has 0 bridgehead atoms. The van der Waals surface area contributed by atoms with Gasteiger partial charge < -0.3 is 15.0 Å². The van der Waals surface area contributed by atoms with Crippen LogP contribution in [0.3, 0.4) is 0 Å². The van der Waals surface area contributed by atoms with Crippen LogP contribution in [0.15, 0.2) is 48.5 Å². The third-order valence-corrected chi connectivity index (χ3v) is 4.02. The Balaban J connectivity index is 1.57. The Morgan fingerprint density at radius 1 is 1.12 bits per heavy atom. The standard InChI is InChI=1S/C19H20N2O3/c1-2-24-16-9-7-15(8-10-16)19(23)20-13-18(22)21-12-11-14-5-3-4-6-17(14)21/h3-10H,2,11-13H2,1H3,(H,20,23). The van der Waals surface area contributed by atoms with Crippen molar-refractivity contribution in [1.82, 2.24) is 5.32 Å². The minimum atomic E-state index is -0.265. The summed E-state index contributed by atoms with van der Waals surface area (Å²) in [7, 11) is 0. The molecule has 1 aliphatic heterocycles. The molecule has 1 heterocycles. The van der Waals surface area contributed by atoms with Crippen molar-refractivity contribution in [3.05, 3.63) is 59.7 Å². The number of rotatable bonds is 5. The summed E-state index contributed by atoms with van der Waals surface area (Å²) in [5.41, 5.74) is 2.62. The molecule has 0 spiro atoms. The molecule has 5 nitrogen and oxygen atoms in total. The number of para-hydroxylation sites is 1. The first-order valence-corrected chi connectivity index (χ1v) is 8.08. The Labute approximate surface area is 141 Å². The van der Waals surface area contributed by atoms with Crippen molar-refractivity contribution in [2.45, 2.75) is 13.3 Å². The summed E-state index contributed by atoms with van der Waals surface area (Å²) < 4.78 is 5.35. The van der Waals surface area contributed by atoms with Gasteiger partial charge in [0, 0.05) is 17.8 Å². The molecule has 1 N–H and O–H groups in total. The monoisotopic (exact) mass is 324 g/mol. The highest BCUT2D eigenvalue weighted by Crippen LogP contribution is 2.27. The maximum Gasteiger partial charge on any atom is 0.251 e. The topological polar surface area (TPSA) is 58.6 Å². The molecule has 0 radical (unpaired) electrons. The van der Waals surface area contributed by atoms with Crippen LogP contribution < -0.4 is 15.0 Å². The largest absolute Gasteiger partial charge is 0.494 e. The van der Waals surface area contributed by atoms with Crippen molar-refractivity contribution < 1.29 is 14.3 Å². The minimum Gasteiger partial charge on any atom is -0.494 e. The third kappa shape index (κ3) is 3.40. The van der Waals surface area contributed by atoms with Gasteiger partial charge in [-0.05, 0) is 49.2 Å². The highest BCUT2D eigenvalue weighted by atomic mass is 16.5. The fraction of sp³-hybridized carbons (Fsp3) is 0.263. The zero-order valence-electron chi connectivity index (χ0n) is 13.6. The van der Waals surface area contributed by atoms with E-state index < -0.39 is 0 Å². The average Bonchev–Trinajstić information content (AvgIpc) is 3.04. The molecule has 3 rings (SSSR count). The summed E-state index contributed by atoms with van der Waals surface area (Å²) in [6, 6.07) is 14.7. The van der Waals surface area contributed by atoms with E-state index in [-0.39, 0.29) is 18.4 Å². The van der Waals surface area contributed by atoms with Crippen molar-refractivity contribution in [2.24, 2.45) is 0 Å². The predicted octanol–water partition coefficient (Wildman–Crippen LogP) is 2.40. The number of hydrogen-bond acceptors (Lipinski definition) is 3. The van der Waals surface area contributed by atoms with Gasteiger partial charge in [0.05, 0.1) is 13.2 Å². The highest BCUT2D eigenvalue weighted by molar-refractivity contribution is 6.01. The van der Waals surface area contributed by atoms with Gasteiger partial charge >= 0.3 is 0 Å². The Bertz CT molecular complexity index is 741. The van der Waals surface area contributed by atoms with Crippen LogP contribution in [0.5, 0.6) is 5.75 Å². The number of hydrogen-bond donors (Lipinski definition) is 1. The maximum absolute atomic E-state index is 12.4. The number of carbonyl (C=O) groups is 2. The highest BCUT2D eigenvalue weighted by Gasteiger charge is 2.24. The number of amides is 2. The van der Waals surface area contributed by atoms with Gasteiger partial charge in [-0.25, -0.2) is 0 Å². The van der Waals surface area contributed by atoms with Gasteiger partial charge in [0.25, 0.3) is 5.91 Å². The van der Waals surface area contributed by atoms with Gasteiger partial charge in [-0.2, -0.15) is 0 Å². The molecule has 5 heteroatoms. The summed E-state index contributed by atoms with van der Waals surface area (Å²) in [5.74, 6) is 0.358. The smallest absolute Gasteiger partial charge is 0.251 e. The van der Waals surface area contributed by atoms with Crippen LogP contribution in [-0.2, 0) is 11.2 Å². The lowest BCUT2D eigenvalue weighted by molar-refractivity contribution is -0.117. The zero-order chi connectivity index (χ0) is 16.9. The molecule has 0 aromatic heterocycles. The number of fused-ring (bicyclic) bond motifs is 1. The van der Waals surface area contributed by atoms with Crippen LogP contribution in [0.25, 0.3) is 0 Å². The van der Waals surface area contributed by atoms with E-state index in [1.807, 2.05) is 31.2 Å². The minimum absolute atomic E-state index is 0.0135. The van der Waals surface area contributed by atoms with E-state index in [0.717, 1.165) is 17.9 Å². The van der Waals surface area contributed by atoms with Crippen molar-refractivity contribution >= 4 is 17.5 Å². The van der Waals surface area contributed by atoms with Gasteiger partial charge in [-0.3, -0.25) is 9.59 Å². The second kappa shape index (κ2) is 7.17. The van der Waals surface area contributed by atoms with Crippen LogP contribution >= 0.6 is 0 Å². The number of anilines is 1. The summed E-state index contributed by atoms with van der Waals surface area (Å²) in [4.78, 5) is 26.3. The van der Waals surface area contributed by atoms with Crippen LogP contribution in [0.2, 0.25) is 0 Å². The number of nitrogens with one attached hydrogen (secondary N) is 1. The van der Waals surface area contributed by atoms with Crippen molar-refractivity contribution in [3.63, 3.8) is 0 Å². The third-order valence-electron chi connectivity index (χ3n) is 4.02. The van der Waals surface area contributed by atoms with E-state index >= 15 is 0 Å². The van der Waals surface area contributed by atoms with E-state index in [2.05, 4.69) is 5.32 Å². The first kappa shape index (κ1) is 16.1. The molecule has 0 fully saturated rings. The van der Waals surface area contributed by atoms with E-state index in [9.17, 15) is 9.59 Å². The second-order valence-electron chi connectivity index (χ2n) is 5.56. The van der Waals surface area contributed by atoms with Crippen LogP contribution in [0.1, 0.15) is 22.8 Å². The first-order valence-electron chi connectivity index (χ1n) is 8.08. The Kier molecular flexibility index (Phi) is 4.79. The summed E-state index contributed by atoms with van der Waals surface area (Å²) in [6.45, 7) is 3.14. The van der Waals surface area contributed by atoms with Crippen LogP contribution in [-0.4, -0.2) is 31.5 Å². The maximum atomic E-state index is 12.4. The molecule has 2 amide bonds. The van der Waals surface area contributed by atoms with Crippen molar-refractivity contribution in [3.8, 4) is 5.75 Å². The van der Waals surface area contributed by atoms with Gasteiger partial charge in [0.2, 0.25) is 5.91 Å². The molecular formula is C19H20N2O3. The lowest BCUT2D eigenvalue weighted by Gasteiger charge is -2.17. The molecule has 24 heavy (non-hydrogen) atoms. The van der Waals surface area contributed by atoms with E-state index in [0.29, 0.717) is 18.7 Å². The molecule has 2 aromatic carbocycles. The lowest BCUT2D eigenvalue weighted by atomic mass is 10.2. The van der Waals surface area contributed by atoms with Gasteiger partial charge in [0.15, 0.2) is 0 Å². The van der Waals surface area contributed by atoms with Gasteiger partial charge in [-0.1, -0.05) is 18.2 Å². The molecule has 1 aliphatic rings. The fourth-order valence-corrected chi connectivity index (χ4v) is 2.82. The molecule has 0 saturated carbocycles. The van der Waals surface area contributed by atoms with Crippen LogP contribution in [0.4, 0.5) is 5.69 Å². The van der Waals surface area contributed by atoms with Crippen LogP contribution in [0, 0.1) is 0 Å². The molecular weight excluding hydrogens is 304 g/mol. The van der Waals surface area contributed by atoms with Crippen molar-refractivity contribution in [2.75, 3.05) is 24.6 Å². The SMILES string of the molecule is CCOc1ccc(C(=O)NCC(=O)N2CCc3ccccc32)cc1. The second-order valence-corrected chi connectivity index (χ2v) is 5.56. The number of benzene rings is 2. The molecule has 0 atom stereocenters. The van der Waals surface area contributed by atoms with E-state index in [1.165, 1.54) is 5.56 Å². The number of ether oxygens (including phenoxy) is 1. The molecule has 0 unspecified atom stereocenters. The summed E-state index contributed by atoms with van der Waals surface area (Å²) in [6.07, 6.45) is 0.856. The number of nitrogens with zero attached hydrogens (tertiary/aromatic N) is 1. The van der Waals surface area contributed by atoms with Gasteiger partial charge in [0.1, 0.15) is 5.75 Å². The Hall–Kier alpha value is -2.82. The molecule has 0 saturated heterocycles. The van der Waals surface area contributed by atoms with E-state index in [4.69, 9.17) is 4.74 Å². The molecule has 124 valence electrons. The van der Waals surface area contributed by atoms with Crippen molar-refractivity contribution in [1.29, 1.82) is 0 Å². The average molecular weight is 324 g/mol. The lowest BCUT2D eigenvalue weighted by Crippen LogP contribution is -2.39. The van der Waals surface area contributed by atoms with E-state index in [1.54, 1.807) is 29.2 Å².